The number of nitrogens with zero attached hydrogens (tertiary/aromatic N) is 1. The van der Waals surface area contributed by atoms with Gasteiger partial charge < -0.3 is 10.0 Å². The Morgan fingerprint density at radius 3 is 2.38 bits per heavy atom. The molecule has 21 heavy (non-hydrogen) atoms. The van der Waals surface area contributed by atoms with Gasteiger partial charge in [-0.25, -0.2) is 0 Å². The molecule has 0 heterocycles. The molecule has 0 aliphatic rings. The number of aromatic hydroxyl groups is 1. The van der Waals surface area contributed by atoms with Gasteiger partial charge in [0.2, 0.25) is 0 Å². The zero-order valence-corrected chi connectivity index (χ0v) is 12.5. The van der Waals surface area contributed by atoms with Gasteiger partial charge in [-0.3, -0.25) is 4.79 Å². The van der Waals surface area contributed by atoms with Crippen molar-refractivity contribution in [3.63, 3.8) is 0 Å². The number of benzene rings is 2. The van der Waals surface area contributed by atoms with Crippen molar-refractivity contribution in [3.05, 3.63) is 54.1 Å². The molecule has 3 heteroatoms. The Bertz CT molecular complexity index is 608. The molecule has 0 bridgehead atoms. The van der Waals surface area contributed by atoms with Crippen LogP contribution in [0.25, 0.3) is 0 Å². The highest BCUT2D eigenvalue weighted by atomic mass is 16.3. The predicted molar refractivity (Wildman–Crippen MR) is 86.5 cm³/mol. The molecule has 0 aromatic heterocycles. The molecule has 0 unspecified atom stereocenters. The molecule has 0 aliphatic heterocycles. The lowest BCUT2D eigenvalue weighted by Gasteiger charge is -2.25. The van der Waals surface area contributed by atoms with Gasteiger partial charge in [0.25, 0.3) is 0 Å². The van der Waals surface area contributed by atoms with Crippen LogP contribution in [0, 0.1) is 0 Å². The Hall–Kier alpha value is -2.29. The number of phenolic OH excluding ortho intramolecular Hbond substituents is 1. The van der Waals surface area contributed by atoms with E-state index in [1.165, 1.54) is 6.92 Å². The smallest absolute Gasteiger partial charge is 0.163 e. The van der Waals surface area contributed by atoms with Crippen molar-refractivity contribution < 1.29 is 9.90 Å². The fraction of sp³-hybridized carbons (Fsp3) is 0.278. The Balaban J connectivity index is 2.37. The molecule has 0 fully saturated rings. The van der Waals surface area contributed by atoms with Crippen molar-refractivity contribution in [3.8, 4) is 5.75 Å². The van der Waals surface area contributed by atoms with Gasteiger partial charge in [-0.1, -0.05) is 31.5 Å². The fourth-order valence-electron chi connectivity index (χ4n) is 2.32. The summed E-state index contributed by atoms with van der Waals surface area (Å²) >= 11 is 0. The Labute approximate surface area is 125 Å². The lowest BCUT2D eigenvalue weighted by molar-refractivity contribution is 0.101. The zero-order chi connectivity index (χ0) is 15.2. The SMILES string of the molecule is CCCCN(c1ccccc1)c1ccc(C(C)=O)c(O)c1. The number of para-hydroxylation sites is 1. The summed E-state index contributed by atoms with van der Waals surface area (Å²) in [5, 5.41) is 10.0. The highest BCUT2D eigenvalue weighted by Gasteiger charge is 2.12. The summed E-state index contributed by atoms with van der Waals surface area (Å²) in [6.45, 7) is 4.49. The normalized spacial score (nSPS) is 10.4. The highest BCUT2D eigenvalue weighted by Crippen LogP contribution is 2.30. The molecule has 1 N–H and O–H groups in total. The lowest BCUT2D eigenvalue weighted by atomic mass is 10.1. The molecule has 2 rings (SSSR count). The molecule has 0 amide bonds. The maximum atomic E-state index is 11.4. The maximum Gasteiger partial charge on any atom is 0.163 e. The van der Waals surface area contributed by atoms with E-state index in [1.807, 2.05) is 36.4 Å². The summed E-state index contributed by atoms with van der Waals surface area (Å²) < 4.78 is 0. The van der Waals surface area contributed by atoms with Crippen molar-refractivity contribution in [1.82, 2.24) is 0 Å². The molecular weight excluding hydrogens is 262 g/mol. The van der Waals surface area contributed by atoms with E-state index in [-0.39, 0.29) is 11.5 Å². The van der Waals surface area contributed by atoms with Crippen LogP contribution >= 0.6 is 0 Å². The minimum absolute atomic E-state index is 0.0393. The first-order chi connectivity index (χ1) is 10.1. The minimum Gasteiger partial charge on any atom is -0.507 e. The number of carbonyl (C=O) groups excluding carboxylic acids is 1. The van der Waals surface area contributed by atoms with Crippen LogP contribution < -0.4 is 4.90 Å². The summed E-state index contributed by atoms with van der Waals surface area (Å²) in [4.78, 5) is 13.6. The summed E-state index contributed by atoms with van der Waals surface area (Å²) in [6.07, 6.45) is 2.16. The lowest BCUT2D eigenvalue weighted by Crippen LogP contribution is -2.18. The first kappa shape index (κ1) is 15.1. The standard InChI is InChI=1S/C18H21NO2/c1-3-4-12-19(15-8-6-5-7-9-15)16-10-11-17(14(2)20)18(21)13-16/h5-11,13,21H,3-4,12H2,1-2H3. The van der Waals surface area contributed by atoms with Crippen LogP contribution in [0.4, 0.5) is 11.4 Å². The van der Waals surface area contributed by atoms with Crippen LogP contribution in [0.2, 0.25) is 0 Å². The first-order valence-electron chi connectivity index (χ1n) is 7.30. The third-order valence-corrected chi connectivity index (χ3v) is 3.48. The second-order valence-corrected chi connectivity index (χ2v) is 5.10. The van der Waals surface area contributed by atoms with Crippen LogP contribution in [0.3, 0.4) is 0 Å². The molecule has 0 saturated heterocycles. The van der Waals surface area contributed by atoms with E-state index >= 15 is 0 Å². The highest BCUT2D eigenvalue weighted by molar-refractivity contribution is 5.97. The van der Waals surface area contributed by atoms with Crippen molar-refractivity contribution in [2.45, 2.75) is 26.7 Å². The van der Waals surface area contributed by atoms with Crippen LogP contribution in [0.5, 0.6) is 5.75 Å². The molecule has 0 spiro atoms. The third kappa shape index (κ3) is 3.63. The summed E-state index contributed by atoms with van der Waals surface area (Å²) in [5.41, 5.74) is 2.35. The number of phenols is 1. The molecule has 0 aliphatic carbocycles. The molecular formula is C18H21NO2. The topological polar surface area (TPSA) is 40.5 Å². The van der Waals surface area contributed by atoms with Gasteiger partial charge in [0, 0.05) is 24.0 Å². The van der Waals surface area contributed by atoms with Crippen molar-refractivity contribution in [2.75, 3.05) is 11.4 Å². The van der Waals surface area contributed by atoms with Crippen LogP contribution in [-0.2, 0) is 0 Å². The van der Waals surface area contributed by atoms with E-state index in [1.54, 1.807) is 12.1 Å². The zero-order valence-electron chi connectivity index (χ0n) is 12.5. The van der Waals surface area contributed by atoms with Crippen LogP contribution in [0.15, 0.2) is 48.5 Å². The van der Waals surface area contributed by atoms with Gasteiger partial charge in [-0.2, -0.15) is 0 Å². The van der Waals surface area contributed by atoms with Gasteiger partial charge in [0.1, 0.15) is 5.75 Å². The van der Waals surface area contributed by atoms with Gasteiger partial charge in [-0.05, 0) is 37.6 Å². The summed E-state index contributed by atoms with van der Waals surface area (Å²) in [6, 6.07) is 15.3. The van der Waals surface area contributed by atoms with Crippen LogP contribution in [-0.4, -0.2) is 17.4 Å². The Morgan fingerprint density at radius 1 is 1.10 bits per heavy atom. The molecule has 0 saturated carbocycles. The minimum atomic E-state index is -0.126. The maximum absolute atomic E-state index is 11.4. The number of carbonyl (C=O) groups is 1. The second-order valence-electron chi connectivity index (χ2n) is 5.10. The van der Waals surface area contributed by atoms with E-state index in [0.717, 1.165) is 30.8 Å². The second kappa shape index (κ2) is 6.93. The predicted octanol–water partition coefficient (Wildman–Crippen LogP) is 4.53. The van der Waals surface area contributed by atoms with E-state index in [0.29, 0.717) is 5.56 Å². The Morgan fingerprint density at radius 2 is 1.81 bits per heavy atom. The van der Waals surface area contributed by atoms with E-state index < -0.39 is 0 Å². The molecule has 3 nitrogen and oxygen atoms in total. The molecule has 0 atom stereocenters. The molecule has 2 aromatic carbocycles. The third-order valence-electron chi connectivity index (χ3n) is 3.48. The average Bonchev–Trinajstić information content (AvgIpc) is 2.48. The van der Waals surface area contributed by atoms with Gasteiger partial charge in [0.05, 0.1) is 5.56 Å². The number of hydrogen-bond acceptors (Lipinski definition) is 3. The van der Waals surface area contributed by atoms with Crippen molar-refractivity contribution >= 4 is 17.2 Å². The van der Waals surface area contributed by atoms with Gasteiger partial charge >= 0.3 is 0 Å². The number of rotatable bonds is 6. The first-order valence-corrected chi connectivity index (χ1v) is 7.30. The van der Waals surface area contributed by atoms with E-state index in [9.17, 15) is 9.90 Å². The van der Waals surface area contributed by atoms with Crippen molar-refractivity contribution in [2.24, 2.45) is 0 Å². The van der Waals surface area contributed by atoms with E-state index in [2.05, 4.69) is 11.8 Å². The largest absolute Gasteiger partial charge is 0.507 e. The van der Waals surface area contributed by atoms with Gasteiger partial charge in [-0.15, -0.1) is 0 Å². The number of anilines is 2. The molecule has 0 radical (unpaired) electrons. The molecule has 2 aromatic rings. The number of Topliss-reactive ketones (excluding diaryl/α,β-unsaturated/α-hetero) is 1. The van der Waals surface area contributed by atoms with Crippen LogP contribution in [0.1, 0.15) is 37.0 Å². The number of hydrogen-bond donors (Lipinski definition) is 1. The van der Waals surface area contributed by atoms with Crippen molar-refractivity contribution in [1.29, 1.82) is 0 Å². The average molecular weight is 283 g/mol. The summed E-state index contributed by atoms with van der Waals surface area (Å²) in [7, 11) is 0. The quantitative estimate of drug-likeness (QED) is 0.792. The van der Waals surface area contributed by atoms with Gasteiger partial charge in [0.15, 0.2) is 5.78 Å². The monoisotopic (exact) mass is 283 g/mol. The summed E-state index contributed by atoms with van der Waals surface area (Å²) in [5.74, 6) is -0.0868. The van der Waals surface area contributed by atoms with E-state index in [4.69, 9.17) is 0 Å². The number of unbranched alkanes of at least 4 members (excludes halogenated alkanes) is 1. The number of ketones is 1. The Kier molecular flexibility index (Phi) is 4.99. The molecule has 110 valence electrons. The fourth-order valence-corrected chi connectivity index (χ4v) is 2.32.